The summed E-state index contributed by atoms with van der Waals surface area (Å²) < 4.78 is 0. The van der Waals surface area contributed by atoms with Crippen LogP contribution in [0.15, 0.2) is 24.3 Å². The molecule has 0 atom stereocenters. The molecule has 4 rings (SSSR count). The first-order valence-corrected chi connectivity index (χ1v) is 7.81. The Morgan fingerprint density at radius 1 is 0.850 bits per heavy atom. The molecule has 100 valence electrons. The summed E-state index contributed by atoms with van der Waals surface area (Å²) in [6, 6.07) is 8.49. The summed E-state index contributed by atoms with van der Waals surface area (Å²) in [6.07, 6.45) is 9.20. The zero-order chi connectivity index (χ0) is 13.7. The van der Waals surface area contributed by atoms with Gasteiger partial charge in [0.15, 0.2) is 0 Å². The van der Waals surface area contributed by atoms with E-state index in [1.165, 1.54) is 46.0 Å². The van der Waals surface area contributed by atoms with Crippen molar-refractivity contribution in [2.24, 2.45) is 0 Å². The fourth-order valence-electron chi connectivity index (χ4n) is 3.42. The van der Waals surface area contributed by atoms with Crippen LogP contribution in [0.2, 0.25) is 10.0 Å². The molecule has 0 spiro atoms. The van der Waals surface area contributed by atoms with Crippen LogP contribution in [-0.2, 0) is 12.8 Å². The zero-order valence-electron chi connectivity index (χ0n) is 11.0. The van der Waals surface area contributed by atoms with Crippen LogP contribution in [0, 0.1) is 10.4 Å². The van der Waals surface area contributed by atoms with Gasteiger partial charge in [0.25, 0.3) is 0 Å². The second-order valence-corrected chi connectivity index (χ2v) is 6.27. The van der Waals surface area contributed by atoms with Gasteiger partial charge < -0.3 is 0 Å². The largest absolute Gasteiger partial charge is 0.0827 e. The number of hydrogen-bond donors (Lipinski definition) is 0. The second-order valence-electron chi connectivity index (χ2n) is 5.49. The summed E-state index contributed by atoms with van der Waals surface area (Å²) in [4.78, 5) is 0. The van der Waals surface area contributed by atoms with Crippen molar-refractivity contribution in [2.75, 3.05) is 0 Å². The summed E-state index contributed by atoms with van der Waals surface area (Å²) in [5.41, 5.74) is 3.01. The molecule has 2 heteroatoms. The van der Waals surface area contributed by atoms with Crippen LogP contribution in [0.4, 0.5) is 0 Å². The predicted octanol–water partition coefficient (Wildman–Crippen LogP) is 3.73. The molecule has 2 aliphatic carbocycles. The van der Waals surface area contributed by atoms with Crippen LogP contribution in [0.5, 0.6) is 0 Å². The molecule has 0 saturated carbocycles. The quantitative estimate of drug-likeness (QED) is 0.695. The maximum Gasteiger partial charge on any atom is 0.0667 e. The summed E-state index contributed by atoms with van der Waals surface area (Å²) in [6.45, 7) is 0. The number of fused-ring (bicyclic) bond motifs is 4. The van der Waals surface area contributed by atoms with Gasteiger partial charge in [0, 0.05) is 0 Å². The van der Waals surface area contributed by atoms with E-state index in [0.717, 1.165) is 11.6 Å². The molecule has 0 unspecified atom stereocenters. The van der Waals surface area contributed by atoms with E-state index >= 15 is 0 Å². The first kappa shape index (κ1) is 12.5. The van der Waals surface area contributed by atoms with Crippen molar-refractivity contribution in [1.82, 2.24) is 0 Å². The van der Waals surface area contributed by atoms with E-state index < -0.39 is 0 Å². The molecule has 0 bridgehead atoms. The van der Waals surface area contributed by atoms with Crippen LogP contribution in [0.3, 0.4) is 0 Å². The van der Waals surface area contributed by atoms with Gasteiger partial charge in [-0.2, -0.15) is 0 Å². The summed E-state index contributed by atoms with van der Waals surface area (Å²) in [5, 5.41) is 6.37. The summed E-state index contributed by atoms with van der Waals surface area (Å²) in [7, 11) is 0. The molecule has 0 aromatic heterocycles. The van der Waals surface area contributed by atoms with Crippen molar-refractivity contribution in [2.45, 2.75) is 25.7 Å². The molecule has 0 fully saturated rings. The maximum absolute atomic E-state index is 6.35. The van der Waals surface area contributed by atoms with Gasteiger partial charge in [0.2, 0.25) is 0 Å². The molecule has 2 aromatic rings. The van der Waals surface area contributed by atoms with Gasteiger partial charge in [0.1, 0.15) is 0 Å². The molecule has 0 saturated heterocycles. The lowest BCUT2D eigenvalue weighted by Crippen LogP contribution is -2.20. The van der Waals surface area contributed by atoms with Crippen molar-refractivity contribution < 1.29 is 0 Å². The average molecular weight is 301 g/mol. The minimum absolute atomic E-state index is 0.636. The van der Waals surface area contributed by atoms with Crippen LogP contribution in [0.25, 0.3) is 12.2 Å². The third kappa shape index (κ3) is 1.75. The van der Waals surface area contributed by atoms with E-state index in [4.69, 9.17) is 23.2 Å². The Balaban J connectivity index is 2.23. The highest BCUT2D eigenvalue weighted by molar-refractivity contribution is 6.42. The van der Waals surface area contributed by atoms with Crippen LogP contribution >= 0.6 is 23.2 Å². The molecule has 2 aliphatic rings. The van der Waals surface area contributed by atoms with E-state index in [9.17, 15) is 0 Å². The van der Waals surface area contributed by atoms with Gasteiger partial charge in [-0.25, -0.2) is 0 Å². The fraction of sp³-hybridized carbons (Fsp3) is 0.222. The Morgan fingerprint density at radius 2 is 1.70 bits per heavy atom. The molecule has 2 aromatic carbocycles. The molecular weight excluding hydrogens is 287 g/mol. The second kappa shape index (κ2) is 4.65. The fourth-order valence-corrected chi connectivity index (χ4v) is 3.83. The standard InChI is InChI=1S/C18H14Cl2/c19-17-10-9-15-14-6-5-11-3-1-2-4-12(11)13(14)7-8-16(15)18(17)20/h3,5-6,8-10H,1-2,4,7H2. The van der Waals surface area contributed by atoms with Crippen LogP contribution < -0.4 is 10.4 Å². The topological polar surface area (TPSA) is 0 Å². The van der Waals surface area contributed by atoms with Crippen molar-refractivity contribution in [3.05, 3.63) is 66.3 Å². The minimum Gasteiger partial charge on any atom is -0.0827 e. The monoisotopic (exact) mass is 300 g/mol. The van der Waals surface area contributed by atoms with E-state index in [2.05, 4.69) is 30.4 Å². The molecule has 0 N–H and O–H groups in total. The smallest absolute Gasteiger partial charge is 0.0667 e. The lowest BCUT2D eigenvalue weighted by Gasteiger charge is -2.16. The van der Waals surface area contributed by atoms with Gasteiger partial charge in [-0.3, -0.25) is 0 Å². The highest BCUT2D eigenvalue weighted by Crippen LogP contribution is 2.22. The first-order chi connectivity index (χ1) is 9.75. The molecule has 0 nitrogen and oxygen atoms in total. The normalized spacial score (nSPS) is 15.5. The van der Waals surface area contributed by atoms with Crippen LogP contribution in [-0.4, -0.2) is 0 Å². The van der Waals surface area contributed by atoms with Crippen LogP contribution in [0.1, 0.15) is 24.0 Å². The number of rotatable bonds is 0. The maximum atomic E-state index is 6.35. The minimum atomic E-state index is 0.636. The molecule has 20 heavy (non-hydrogen) atoms. The lowest BCUT2D eigenvalue weighted by atomic mass is 9.89. The van der Waals surface area contributed by atoms with Gasteiger partial charge in [-0.1, -0.05) is 53.6 Å². The van der Waals surface area contributed by atoms with Crippen molar-refractivity contribution in [3.63, 3.8) is 0 Å². The van der Waals surface area contributed by atoms with Gasteiger partial charge >= 0.3 is 0 Å². The average Bonchev–Trinajstić information content (AvgIpc) is 2.50. The molecular formula is C18H14Cl2. The van der Waals surface area contributed by atoms with E-state index in [-0.39, 0.29) is 0 Å². The third-order valence-corrected chi connectivity index (χ3v) is 5.21. The highest BCUT2D eigenvalue weighted by Gasteiger charge is 2.12. The SMILES string of the molecule is Clc1ccc2c(c1Cl)=CCc1c3c(ccc1=2)=CCCC3. The lowest BCUT2D eigenvalue weighted by molar-refractivity contribution is 0.824. The highest BCUT2D eigenvalue weighted by atomic mass is 35.5. The Labute approximate surface area is 127 Å². The Kier molecular flexibility index (Phi) is 2.90. The van der Waals surface area contributed by atoms with Crippen molar-refractivity contribution in [3.8, 4) is 0 Å². The Bertz CT molecular complexity index is 923. The van der Waals surface area contributed by atoms with Gasteiger partial charge in [-0.15, -0.1) is 0 Å². The zero-order valence-corrected chi connectivity index (χ0v) is 12.6. The van der Waals surface area contributed by atoms with Crippen molar-refractivity contribution >= 4 is 35.4 Å². The number of benzene rings is 2. The Hall–Kier alpha value is -1.24. The van der Waals surface area contributed by atoms with E-state index in [1.807, 2.05) is 6.07 Å². The summed E-state index contributed by atoms with van der Waals surface area (Å²) in [5.74, 6) is 0. The molecule has 0 amide bonds. The van der Waals surface area contributed by atoms with Gasteiger partial charge in [0.05, 0.1) is 10.0 Å². The predicted molar refractivity (Wildman–Crippen MR) is 85.4 cm³/mol. The number of halogens is 2. The Morgan fingerprint density at radius 3 is 2.60 bits per heavy atom. The van der Waals surface area contributed by atoms with E-state index in [1.54, 1.807) is 0 Å². The molecule has 0 radical (unpaired) electrons. The molecule has 0 aliphatic heterocycles. The summed E-state index contributed by atoms with van der Waals surface area (Å²) >= 11 is 12.5. The molecule has 0 heterocycles. The van der Waals surface area contributed by atoms with E-state index in [0.29, 0.717) is 10.0 Å². The van der Waals surface area contributed by atoms with Crippen molar-refractivity contribution in [1.29, 1.82) is 0 Å². The number of hydrogen-bond acceptors (Lipinski definition) is 0. The first-order valence-electron chi connectivity index (χ1n) is 7.05. The van der Waals surface area contributed by atoms with Gasteiger partial charge in [-0.05, 0) is 63.8 Å². The third-order valence-electron chi connectivity index (χ3n) is 4.40.